The third kappa shape index (κ3) is 3.26. The van der Waals surface area contributed by atoms with Gasteiger partial charge in [0.25, 0.3) is 0 Å². The smallest absolute Gasteiger partial charge is 0.122 e. The van der Waals surface area contributed by atoms with Crippen LogP contribution in [0.15, 0.2) is 18.2 Å². The summed E-state index contributed by atoms with van der Waals surface area (Å²) in [4.78, 5) is 0. The van der Waals surface area contributed by atoms with Crippen LogP contribution in [0, 0.1) is 6.92 Å². The summed E-state index contributed by atoms with van der Waals surface area (Å²) in [6, 6.07) is 5.69. The van der Waals surface area contributed by atoms with E-state index in [0.29, 0.717) is 6.61 Å². The van der Waals surface area contributed by atoms with E-state index in [1.807, 2.05) is 25.1 Å². The standard InChI is InChI=1S/C11H18N2O/c1-3-13-6-7-14-11-5-4-10(12)8-9(11)2/h4-5,8,13H,3,6-7,12H2,1-2H3. The number of anilines is 1. The quantitative estimate of drug-likeness (QED) is 0.552. The van der Waals surface area contributed by atoms with E-state index in [2.05, 4.69) is 12.2 Å². The molecule has 3 N–H and O–H groups in total. The summed E-state index contributed by atoms with van der Waals surface area (Å²) in [6.45, 7) is 6.62. The number of ether oxygens (including phenoxy) is 1. The number of rotatable bonds is 5. The van der Waals surface area contributed by atoms with E-state index in [0.717, 1.165) is 30.1 Å². The SMILES string of the molecule is CCNCCOc1ccc(N)cc1C. The van der Waals surface area contributed by atoms with Crippen molar-refractivity contribution in [3.63, 3.8) is 0 Å². The number of nitrogen functional groups attached to an aromatic ring is 1. The first-order valence-electron chi connectivity index (χ1n) is 4.93. The molecule has 14 heavy (non-hydrogen) atoms. The van der Waals surface area contributed by atoms with Crippen LogP contribution >= 0.6 is 0 Å². The lowest BCUT2D eigenvalue weighted by atomic mass is 10.2. The van der Waals surface area contributed by atoms with Crippen molar-refractivity contribution in [2.24, 2.45) is 0 Å². The lowest BCUT2D eigenvalue weighted by molar-refractivity contribution is 0.313. The van der Waals surface area contributed by atoms with Crippen molar-refractivity contribution in [2.75, 3.05) is 25.4 Å². The zero-order valence-electron chi connectivity index (χ0n) is 8.84. The number of nitrogens with one attached hydrogen (secondary N) is 1. The molecule has 0 unspecified atom stereocenters. The summed E-state index contributed by atoms with van der Waals surface area (Å²) in [5.41, 5.74) is 7.50. The van der Waals surface area contributed by atoms with Gasteiger partial charge in [0.05, 0.1) is 0 Å². The molecule has 1 rings (SSSR count). The maximum atomic E-state index is 5.64. The average Bonchev–Trinajstić information content (AvgIpc) is 2.15. The van der Waals surface area contributed by atoms with Crippen LogP contribution in [0.25, 0.3) is 0 Å². The Bertz CT molecular complexity index is 287. The van der Waals surface area contributed by atoms with Crippen molar-refractivity contribution < 1.29 is 4.74 Å². The van der Waals surface area contributed by atoms with E-state index >= 15 is 0 Å². The Labute approximate surface area is 85.3 Å². The van der Waals surface area contributed by atoms with Gasteiger partial charge in [-0.05, 0) is 37.2 Å². The molecule has 0 heterocycles. The molecule has 0 atom stereocenters. The van der Waals surface area contributed by atoms with Crippen LogP contribution < -0.4 is 15.8 Å². The molecule has 0 saturated heterocycles. The molecular formula is C11H18N2O. The van der Waals surface area contributed by atoms with Gasteiger partial charge in [-0.2, -0.15) is 0 Å². The van der Waals surface area contributed by atoms with Gasteiger partial charge in [0, 0.05) is 12.2 Å². The molecule has 0 saturated carbocycles. The first-order chi connectivity index (χ1) is 6.74. The first-order valence-corrected chi connectivity index (χ1v) is 4.93. The molecule has 0 amide bonds. The van der Waals surface area contributed by atoms with Gasteiger partial charge in [-0.15, -0.1) is 0 Å². The van der Waals surface area contributed by atoms with Crippen molar-refractivity contribution in [2.45, 2.75) is 13.8 Å². The molecule has 0 spiro atoms. The minimum atomic E-state index is 0.693. The van der Waals surface area contributed by atoms with Gasteiger partial charge in [-0.25, -0.2) is 0 Å². The summed E-state index contributed by atoms with van der Waals surface area (Å²) >= 11 is 0. The second-order valence-corrected chi connectivity index (χ2v) is 3.23. The predicted molar refractivity (Wildman–Crippen MR) is 59.6 cm³/mol. The number of benzene rings is 1. The summed E-state index contributed by atoms with van der Waals surface area (Å²) in [7, 11) is 0. The highest BCUT2D eigenvalue weighted by Gasteiger charge is 1.98. The Balaban J connectivity index is 2.42. The second-order valence-electron chi connectivity index (χ2n) is 3.23. The molecule has 0 radical (unpaired) electrons. The van der Waals surface area contributed by atoms with Crippen LogP contribution in [0.3, 0.4) is 0 Å². The van der Waals surface area contributed by atoms with Gasteiger partial charge in [0.2, 0.25) is 0 Å². The van der Waals surface area contributed by atoms with E-state index in [9.17, 15) is 0 Å². The molecule has 3 nitrogen and oxygen atoms in total. The van der Waals surface area contributed by atoms with Gasteiger partial charge in [0.1, 0.15) is 12.4 Å². The van der Waals surface area contributed by atoms with Gasteiger partial charge >= 0.3 is 0 Å². The topological polar surface area (TPSA) is 47.3 Å². The minimum absolute atomic E-state index is 0.693. The predicted octanol–water partition coefficient (Wildman–Crippen LogP) is 1.57. The van der Waals surface area contributed by atoms with E-state index in [1.165, 1.54) is 0 Å². The van der Waals surface area contributed by atoms with Crippen LogP contribution in [-0.4, -0.2) is 19.7 Å². The highest BCUT2D eigenvalue weighted by atomic mass is 16.5. The number of likely N-dealkylation sites (N-methyl/N-ethyl adjacent to an activating group) is 1. The van der Waals surface area contributed by atoms with Crippen molar-refractivity contribution in [3.8, 4) is 5.75 Å². The number of aryl methyl sites for hydroxylation is 1. The van der Waals surface area contributed by atoms with Crippen molar-refractivity contribution in [1.82, 2.24) is 5.32 Å². The lowest BCUT2D eigenvalue weighted by Crippen LogP contribution is -2.20. The van der Waals surface area contributed by atoms with E-state index < -0.39 is 0 Å². The van der Waals surface area contributed by atoms with Crippen LogP contribution in [0.2, 0.25) is 0 Å². The highest BCUT2D eigenvalue weighted by molar-refractivity contribution is 5.47. The monoisotopic (exact) mass is 194 g/mol. The minimum Gasteiger partial charge on any atom is -0.492 e. The largest absolute Gasteiger partial charge is 0.492 e. The van der Waals surface area contributed by atoms with Gasteiger partial charge < -0.3 is 15.8 Å². The van der Waals surface area contributed by atoms with Crippen LogP contribution in [-0.2, 0) is 0 Å². The molecule has 0 aliphatic heterocycles. The normalized spacial score (nSPS) is 10.1. The zero-order chi connectivity index (χ0) is 10.4. The van der Waals surface area contributed by atoms with Gasteiger partial charge in [-0.1, -0.05) is 6.92 Å². The fourth-order valence-corrected chi connectivity index (χ4v) is 1.24. The Morgan fingerprint density at radius 3 is 2.86 bits per heavy atom. The Morgan fingerprint density at radius 2 is 2.21 bits per heavy atom. The summed E-state index contributed by atoms with van der Waals surface area (Å²) in [5.74, 6) is 0.914. The third-order valence-corrected chi connectivity index (χ3v) is 1.99. The fourth-order valence-electron chi connectivity index (χ4n) is 1.24. The Morgan fingerprint density at radius 1 is 1.43 bits per heavy atom. The molecule has 3 heteroatoms. The highest BCUT2D eigenvalue weighted by Crippen LogP contribution is 2.19. The van der Waals surface area contributed by atoms with Gasteiger partial charge in [0.15, 0.2) is 0 Å². The Kier molecular flexibility index (Phi) is 4.26. The fraction of sp³-hybridized carbons (Fsp3) is 0.455. The Hall–Kier alpha value is -1.22. The second kappa shape index (κ2) is 5.50. The van der Waals surface area contributed by atoms with Crippen LogP contribution in [0.4, 0.5) is 5.69 Å². The summed E-state index contributed by atoms with van der Waals surface area (Å²) in [5, 5.41) is 3.20. The van der Waals surface area contributed by atoms with Crippen molar-refractivity contribution in [1.29, 1.82) is 0 Å². The summed E-state index contributed by atoms with van der Waals surface area (Å²) in [6.07, 6.45) is 0. The first kappa shape index (κ1) is 10.9. The van der Waals surface area contributed by atoms with E-state index in [-0.39, 0.29) is 0 Å². The molecule has 0 aliphatic rings. The molecule has 0 aliphatic carbocycles. The maximum Gasteiger partial charge on any atom is 0.122 e. The number of hydrogen-bond acceptors (Lipinski definition) is 3. The van der Waals surface area contributed by atoms with E-state index in [1.54, 1.807) is 0 Å². The van der Waals surface area contributed by atoms with Gasteiger partial charge in [-0.3, -0.25) is 0 Å². The van der Waals surface area contributed by atoms with Crippen molar-refractivity contribution >= 4 is 5.69 Å². The third-order valence-electron chi connectivity index (χ3n) is 1.99. The molecule has 0 aromatic heterocycles. The van der Waals surface area contributed by atoms with Crippen LogP contribution in [0.5, 0.6) is 5.75 Å². The molecule has 78 valence electrons. The molecule has 0 fully saturated rings. The van der Waals surface area contributed by atoms with Crippen molar-refractivity contribution in [3.05, 3.63) is 23.8 Å². The molecule has 1 aromatic carbocycles. The summed E-state index contributed by atoms with van der Waals surface area (Å²) < 4.78 is 5.58. The number of hydrogen-bond donors (Lipinski definition) is 2. The lowest BCUT2D eigenvalue weighted by Gasteiger charge is -2.09. The molecule has 0 bridgehead atoms. The van der Waals surface area contributed by atoms with Crippen LogP contribution in [0.1, 0.15) is 12.5 Å². The average molecular weight is 194 g/mol. The van der Waals surface area contributed by atoms with E-state index in [4.69, 9.17) is 10.5 Å². The number of nitrogens with two attached hydrogens (primary N) is 1. The molecule has 1 aromatic rings. The maximum absolute atomic E-state index is 5.64. The molecular weight excluding hydrogens is 176 g/mol. The zero-order valence-corrected chi connectivity index (χ0v) is 8.84.